The van der Waals surface area contributed by atoms with Gasteiger partial charge in [0.1, 0.15) is 0 Å². The van der Waals surface area contributed by atoms with Crippen molar-refractivity contribution >= 4 is 0 Å². The fourth-order valence-corrected chi connectivity index (χ4v) is 1.46. The van der Waals surface area contributed by atoms with Crippen molar-refractivity contribution < 1.29 is 0 Å². The molecule has 1 N–H and O–H groups in total. The maximum Gasteiger partial charge on any atom is 0.0602 e. The molecule has 0 saturated heterocycles. The van der Waals surface area contributed by atoms with Crippen LogP contribution in [0.4, 0.5) is 0 Å². The van der Waals surface area contributed by atoms with Crippen LogP contribution in [-0.4, -0.2) is 16.3 Å². The zero-order valence-electron chi connectivity index (χ0n) is 9.04. The third kappa shape index (κ3) is 2.61. The van der Waals surface area contributed by atoms with Gasteiger partial charge < -0.3 is 5.32 Å². The minimum Gasteiger partial charge on any atom is -0.308 e. The van der Waals surface area contributed by atoms with Crippen LogP contribution in [0.1, 0.15) is 32.0 Å². The Kier molecular flexibility index (Phi) is 4.21. The Bertz CT molecular complexity index is 330. The lowest BCUT2D eigenvalue weighted by atomic mass is 10.1. The number of nitrogens with zero attached hydrogens (tertiary/aromatic N) is 2. The molecule has 0 bridgehead atoms. The van der Waals surface area contributed by atoms with Gasteiger partial charge in [0.2, 0.25) is 0 Å². The molecular weight excluding hydrogens is 174 g/mol. The first-order valence-electron chi connectivity index (χ1n) is 4.90. The molecule has 0 amide bonds. The minimum atomic E-state index is 0.292. The van der Waals surface area contributed by atoms with Crippen molar-refractivity contribution in [3.63, 3.8) is 0 Å². The van der Waals surface area contributed by atoms with Gasteiger partial charge in [0.15, 0.2) is 0 Å². The molecule has 0 aliphatic heterocycles. The van der Waals surface area contributed by atoms with E-state index in [-0.39, 0.29) is 0 Å². The van der Waals surface area contributed by atoms with E-state index in [9.17, 15) is 0 Å². The summed E-state index contributed by atoms with van der Waals surface area (Å²) in [5.74, 6) is 6.01. The van der Waals surface area contributed by atoms with Crippen LogP contribution >= 0.6 is 0 Å². The second-order valence-electron chi connectivity index (χ2n) is 3.12. The molecule has 1 aromatic rings. The second-order valence-corrected chi connectivity index (χ2v) is 3.12. The highest BCUT2D eigenvalue weighted by atomic mass is 15.3. The topological polar surface area (TPSA) is 29.9 Å². The van der Waals surface area contributed by atoms with Crippen LogP contribution in [0, 0.1) is 11.8 Å². The maximum atomic E-state index is 4.16. The molecular formula is C11H17N3. The van der Waals surface area contributed by atoms with Crippen LogP contribution in [0.2, 0.25) is 0 Å². The van der Waals surface area contributed by atoms with Crippen LogP contribution in [0.3, 0.4) is 0 Å². The SMILES string of the molecule is CC#CCC(NCC)c1ccnn1C. The number of nitrogens with one attached hydrogen (secondary N) is 1. The van der Waals surface area contributed by atoms with Crippen molar-refractivity contribution in [2.75, 3.05) is 6.54 Å². The van der Waals surface area contributed by atoms with Crippen LogP contribution < -0.4 is 5.32 Å². The molecule has 1 rings (SSSR count). The maximum absolute atomic E-state index is 4.16. The van der Waals surface area contributed by atoms with E-state index in [1.165, 1.54) is 5.69 Å². The highest BCUT2D eigenvalue weighted by molar-refractivity contribution is 5.11. The first-order chi connectivity index (χ1) is 6.79. The average Bonchev–Trinajstić information content (AvgIpc) is 2.59. The van der Waals surface area contributed by atoms with Crippen molar-refractivity contribution in [1.29, 1.82) is 0 Å². The first-order valence-corrected chi connectivity index (χ1v) is 4.90. The lowest BCUT2D eigenvalue weighted by molar-refractivity contribution is 0.520. The standard InChI is InChI=1S/C11H17N3/c1-4-6-7-10(12-5-2)11-8-9-13-14(11)3/h8-10,12H,5,7H2,1-3H3. The quantitative estimate of drug-likeness (QED) is 0.731. The van der Waals surface area contributed by atoms with E-state index < -0.39 is 0 Å². The molecule has 14 heavy (non-hydrogen) atoms. The van der Waals surface area contributed by atoms with E-state index in [1.807, 2.05) is 30.9 Å². The van der Waals surface area contributed by atoms with Crippen LogP contribution in [-0.2, 0) is 7.05 Å². The van der Waals surface area contributed by atoms with Gasteiger partial charge in [-0.1, -0.05) is 6.92 Å². The normalized spacial score (nSPS) is 11.9. The highest BCUT2D eigenvalue weighted by Crippen LogP contribution is 2.14. The predicted octanol–water partition coefficient (Wildman–Crippen LogP) is 1.48. The molecule has 76 valence electrons. The number of hydrogen-bond acceptors (Lipinski definition) is 2. The third-order valence-electron chi connectivity index (χ3n) is 2.15. The van der Waals surface area contributed by atoms with Crippen molar-refractivity contribution in [2.24, 2.45) is 7.05 Å². The molecule has 0 spiro atoms. The molecule has 0 radical (unpaired) electrons. The Labute approximate surface area is 85.5 Å². The van der Waals surface area contributed by atoms with Crippen molar-refractivity contribution in [1.82, 2.24) is 15.1 Å². The van der Waals surface area contributed by atoms with Crippen molar-refractivity contribution in [3.05, 3.63) is 18.0 Å². The summed E-state index contributed by atoms with van der Waals surface area (Å²) in [5.41, 5.74) is 1.19. The number of rotatable bonds is 4. The van der Waals surface area contributed by atoms with E-state index >= 15 is 0 Å². The molecule has 0 aromatic carbocycles. The molecule has 3 nitrogen and oxygen atoms in total. The number of aromatic nitrogens is 2. The minimum absolute atomic E-state index is 0.292. The Hall–Kier alpha value is -1.27. The Morgan fingerprint density at radius 3 is 2.93 bits per heavy atom. The molecule has 0 aliphatic rings. The van der Waals surface area contributed by atoms with Gasteiger partial charge in [0.05, 0.1) is 11.7 Å². The van der Waals surface area contributed by atoms with E-state index in [1.54, 1.807) is 0 Å². The average molecular weight is 191 g/mol. The molecule has 1 unspecified atom stereocenters. The summed E-state index contributed by atoms with van der Waals surface area (Å²) >= 11 is 0. The molecule has 1 atom stereocenters. The van der Waals surface area contributed by atoms with E-state index in [0.717, 1.165) is 13.0 Å². The van der Waals surface area contributed by atoms with Crippen molar-refractivity contribution in [3.8, 4) is 11.8 Å². The molecule has 0 saturated carbocycles. The van der Waals surface area contributed by atoms with Gasteiger partial charge in [-0.3, -0.25) is 4.68 Å². The van der Waals surface area contributed by atoms with E-state index in [4.69, 9.17) is 0 Å². The summed E-state index contributed by atoms with van der Waals surface area (Å²) in [6.07, 6.45) is 2.66. The molecule has 1 aromatic heterocycles. The largest absolute Gasteiger partial charge is 0.308 e. The predicted molar refractivity (Wildman–Crippen MR) is 57.7 cm³/mol. The van der Waals surface area contributed by atoms with Crippen LogP contribution in [0.15, 0.2) is 12.3 Å². The zero-order chi connectivity index (χ0) is 10.4. The number of hydrogen-bond donors (Lipinski definition) is 1. The monoisotopic (exact) mass is 191 g/mol. The van der Waals surface area contributed by atoms with Gasteiger partial charge in [-0.15, -0.1) is 11.8 Å². The van der Waals surface area contributed by atoms with Gasteiger partial charge in [0, 0.05) is 19.7 Å². The van der Waals surface area contributed by atoms with Crippen LogP contribution in [0.25, 0.3) is 0 Å². The lowest BCUT2D eigenvalue weighted by Gasteiger charge is -2.15. The summed E-state index contributed by atoms with van der Waals surface area (Å²) in [5, 5.41) is 7.55. The molecule has 1 heterocycles. The summed E-state index contributed by atoms with van der Waals surface area (Å²) in [4.78, 5) is 0. The molecule has 0 fully saturated rings. The Balaban J connectivity index is 2.75. The van der Waals surface area contributed by atoms with Crippen molar-refractivity contribution in [2.45, 2.75) is 26.3 Å². The summed E-state index contributed by atoms with van der Waals surface area (Å²) in [6, 6.07) is 2.32. The summed E-state index contributed by atoms with van der Waals surface area (Å²) < 4.78 is 1.89. The number of aryl methyl sites for hydroxylation is 1. The Morgan fingerprint density at radius 1 is 1.64 bits per heavy atom. The Morgan fingerprint density at radius 2 is 2.43 bits per heavy atom. The fraction of sp³-hybridized carbons (Fsp3) is 0.545. The smallest absolute Gasteiger partial charge is 0.0602 e. The zero-order valence-corrected chi connectivity index (χ0v) is 9.04. The van der Waals surface area contributed by atoms with Gasteiger partial charge in [-0.25, -0.2) is 0 Å². The van der Waals surface area contributed by atoms with Crippen LogP contribution in [0.5, 0.6) is 0 Å². The van der Waals surface area contributed by atoms with Gasteiger partial charge in [-0.05, 0) is 19.5 Å². The highest BCUT2D eigenvalue weighted by Gasteiger charge is 2.11. The van der Waals surface area contributed by atoms with Gasteiger partial charge in [0.25, 0.3) is 0 Å². The molecule has 3 heteroatoms. The third-order valence-corrected chi connectivity index (χ3v) is 2.15. The summed E-state index contributed by atoms with van der Waals surface area (Å²) in [6.45, 7) is 4.91. The lowest BCUT2D eigenvalue weighted by Crippen LogP contribution is -2.22. The second kappa shape index (κ2) is 5.46. The summed E-state index contributed by atoms with van der Waals surface area (Å²) in [7, 11) is 1.96. The fourth-order valence-electron chi connectivity index (χ4n) is 1.46. The van der Waals surface area contributed by atoms with E-state index in [0.29, 0.717) is 6.04 Å². The molecule has 0 aliphatic carbocycles. The van der Waals surface area contributed by atoms with E-state index in [2.05, 4.69) is 29.2 Å². The first kappa shape index (κ1) is 10.8. The van der Waals surface area contributed by atoms with Gasteiger partial charge in [-0.2, -0.15) is 5.10 Å². The van der Waals surface area contributed by atoms with Gasteiger partial charge >= 0.3 is 0 Å².